The molecule has 0 amide bonds. The molecule has 0 spiro atoms. The normalized spacial score (nSPS) is 12.4. The van der Waals surface area contributed by atoms with Crippen LogP contribution in [0.25, 0.3) is 0 Å². The third kappa shape index (κ3) is 7.98. The first kappa shape index (κ1) is 40.6. The molecule has 6 nitrogen and oxygen atoms in total. The minimum absolute atomic E-state index is 0.617. The second-order valence-corrected chi connectivity index (χ2v) is 26.6. The van der Waals surface area contributed by atoms with Crippen LogP contribution in [-0.2, 0) is 0 Å². The van der Waals surface area contributed by atoms with Crippen LogP contribution < -0.4 is 60.2 Å². The molecule has 0 fully saturated rings. The van der Waals surface area contributed by atoms with Crippen molar-refractivity contribution in [3.8, 4) is 34.5 Å². The molecule has 0 heterocycles. The summed E-state index contributed by atoms with van der Waals surface area (Å²) < 4.78 is 33.3. The molecule has 6 aromatic carbocycles. The Labute approximate surface area is 343 Å². The van der Waals surface area contributed by atoms with Crippen molar-refractivity contribution in [2.45, 2.75) is 9.40 Å². The molecule has 288 valence electrons. The molecule has 0 aromatic heterocycles. The van der Waals surface area contributed by atoms with Crippen molar-refractivity contribution in [2.24, 2.45) is 0 Å². The maximum absolute atomic E-state index is 5.67. The Bertz CT molecular complexity index is 1890. The van der Waals surface area contributed by atoms with E-state index >= 15 is 0 Å². The molecular formula is C45H48Br2O6P2. The van der Waals surface area contributed by atoms with E-state index in [0.29, 0.717) is 0 Å². The van der Waals surface area contributed by atoms with E-state index in [4.69, 9.17) is 28.4 Å². The number of alkyl halides is 2. The molecule has 0 atom stereocenters. The van der Waals surface area contributed by atoms with Gasteiger partial charge in [-0.05, 0) is 0 Å². The van der Waals surface area contributed by atoms with E-state index in [2.05, 4.69) is 177 Å². The van der Waals surface area contributed by atoms with Crippen LogP contribution in [0.2, 0.25) is 0 Å². The fourth-order valence-electron chi connectivity index (χ4n) is 7.75. The van der Waals surface area contributed by atoms with Crippen molar-refractivity contribution >= 4 is 78.2 Å². The molecule has 0 N–H and O–H groups in total. The Kier molecular flexibility index (Phi) is 13.2. The van der Waals surface area contributed by atoms with Gasteiger partial charge in [-0.2, -0.15) is 0 Å². The SMILES string of the molecule is COc1ccc([PH](CCC(Br)(Br)[PH](c2ccc(OC)cc2)(c2ccc(OC)cc2)c2ccc(OC)cc2)(c2ccc(OC)cc2)c2ccc(OC)cc2)cc1. The van der Waals surface area contributed by atoms with Crippen LogP contribution in [0.3, 0.4) is 0 Å². The summed E-state index contributed by atoms with van der Waals surface area (Å²) >= 11 is 9.02. The number of rotatable bonds is 16. The van der Waals surface area contributed by atoms with Crippen LogP contribution in [0.4, 0.5) is 0 Å². The summed E-state index contributed by atoms with van der Waals surface area (Å²) in [4.78, 5) is 0. The molecule has 0 bridgehead atoms. The molecule has 6 aromatic rings. The first-order valence-electron chi connectivity index (χ1n) is 17.9. The van der Waals surface area contributed by atoms with E-state index in [1.54, 1.807) is 42.7 Å². The molecule has 6 rings (SSSR count). The molecular weight excluding hydrogens is 858 g/mol. The molecule has 0 unspecified atom stereocenters. The van der Waals surface area contributed by atoms with Gasteiger partial charge in [0, 0.05) is 0 Å². The van der Waals surface area contributed by atoms with E-state index in [-0.39, 0.29) is 0 Å². The van der Waals surface area contributed by atoms with Crippen molar-refractivity contribution in [2.75, 3.05) is 48.8 Å². The van der Waals surface area contributed by atoms with Crippen LogP contribution in [-0.4, -0.2) is 51.8 Å². The van der Waals surface area contributed by atoms with E-state index in [9.17, 15) is 0 Å². The van der Waals surface area contributed by atoms with Gasteiger partial charge in [0.05, 0.1) is 0 Å². The standard InChI is InChI=1S/C45H48Br2O6P2/c1-48-33-7-19-39(20-8-33)54(40-21-9-34(49-2)10-22-40,41-23-11-35(50-3)12-24-41)32-31-45(46,47)55(42-25-13-36(51-4)14-26-42,43-27-15-37(52-5)16-28-43)44-29-17-38(53-6)18-30-44/h7-30,54-55H,31-32H2,1-6H3. The van der Waals surface area contributed by atoms with Gasteiger partial charge < -0.3 is 0 Å². The van der Waals surface area contributed by atoms with E-state index in [1.165, 1.54) is 31.8 Å². The van der Waals surface area contributed by atoms with E-state index in [1.807, 2.05) is 0 Å². The van der Waals surface area contributed by atoms with Crippen molar-refractivity contribution < 1.29 is 28.4 Å². The molecule has 0 radical (unpaired) electrons. The second-order valence-electron chi connectivity index (χ2n) is 13.2. The fraction of sp³-hybridized carbons (Fsp3) is 0.200. The zero-order chi connectivity index (χ0) is 39.1. The van der Waals surface area contributed by atoms with Crippen molar-refractivity contribution in [3.05, 3.63) is 146 Å². The van der Waals surface area contributed by atoms with Crippen molar-refractivity contribution in [1.82, 2.24) is 0 Å². The Morgan fingerprint density at radius 3 is 0.745 bits per heavy atom. The third-order valence-corrected chi connectivity index (χ3v) is 24.9. The summed E-state index contributed by atoms with van der Waals surface area (Å²) in [5, 5.41) is 7.44. The average molecular weight is 907 g/mol. The van der Waals surface area contributed by atoms with Gasteiger partial charge in [-0.1, -0.05) is 0 Å². The van der Waals surface area contributed by atoms with Gasteiger partial charge in [-0.15, -0.1) is 0 Å². The van der Waals surface area contributed by atoms with Crippen LogP contribution in [0.15, 0.2) is 146 Å². The van der Waals surface area contributed by atoms with Gasteiger partial charge in [-0.25, -0.2) is 0 Å². The number of hydrogen-bond donors (Lipinski definition) is 0. The molecule has 0 saturated carbocycles. The average Bonchev–Trinajstić information content (AvgIpc) is 3.25. The van der Waals surface area contributed by atoms with Crippen molar-refractivity contribution in [1.29, 1.82) is 0 Å². The van der Waals surface area contributed by atoms with Crippen LogP contribution in [0.1, 0.15) is 6.42 Å². The van der Waals surface area contributed by atoms with Gasteiger partial charge in [-0.3, -0.25) is 0 Å². The predicted octanol–water partition coefficient (Wildman–Crippen LogP) is 8.32. The fourth-order valence-corrected chi connectivity index (χ4v) is 22.8. The summed E-state index contributed by atoms with van der Waals surface area (Å²) in [6.45, 7) is 0. The van der Waals surface area contributed by atoms with Gasteiger partial charge in [0.1, 0.15) is 0 Å². The first-order chi connectivity index (χ1) is 26.7. The quantitative estimate of drug-likeness (QED) is 0.0720. The second kappa shape index (κ2) is 17.8. The topological polar surface area (TPSA) is 55.4 Å². The molecule has 0 aliphatic rings. The molecule has 0 saturated heterocycles. The Hall–Kier alpha value is -4.06. The number of halogens is 2. The van der Waals surface area contributed by atoms with Gasteiger partial charge in [0.15, 0.2) is 0 Å². The Balaban J connectivity index is 1.63. The van der Waals surface area contributed by atoms with Gasteiger partial charge in [0.25, 0.3) is 0 Å². The van der Waals surface area contributed by atoms with Crippen LogP contribution >= 0.6 is 46.4 Å². The molecule has 55 heavy (non-hydrogen) atoms. The molecule has 0 aliphatic carbocycles. The summed E-state index contributed by atoms with van der Waals surface area (Å²) in [7, 11) is 4.32. The number of ether oxygens (including phenoxy) is 6. The van der Waals surface area contributed by atoms with Gasteiger partial charge in [0.2, 0.25) is 0 Å². The molecule has 10 heteroatoms. The number of methoxy groups -OCH3 is 6. The third-order valence-electron chi connectivity index (χ3n) is 10.7. The summed E-state index contributed by atoms with van der Waals surface area (Å²) in [5.74, 6) is 4.85. The Morgan fingerprint density at radius 1 is 0.345 bits per heavy atom. The predicted molar refractivity (Wildman–Crippen MR) is 242 cm³/mol. The summed E-state index contributed by atoms with van der Waals surface area (Å²) in [6.07, 6.45) is 1.59. The first-order valence-corrected chi connectivity index (χ1v) is 23.7. The zero-order valence-corrected chi connectivity index (χ0v) is 37.1. The van der Waals surface area contributed by atoms with Crippen LogP contribution in [0, 0.1) is 0 Å². The summed E-state index contributed by atoms with van der Waals surface area (Å²) in [6, 6.07) is 51.6. The maximum atomic E-state index is 5.67. The monoisotopic (exact) mass is 904 g/mol. The number of benzene rings is 6. The van der Waals surface area contributed by atoms with Gasteiger partial charge >= 0.3 is 345 Å². The van der Waals surface area contributed by atoms with E-state index in [0.717, 1.165) is 47.1 Å². The van der Waals surface area contributed by atoms with Crippen LogP contribution in [0.5, 0.6) is 34.5 Å². The summed E-state index contributed by atoms with van der Waals surface area (Å²) in [5.41, 5.74) is 0. The molecule has 0 aliphatic heterocycles. The number of hydrogen-bond acceptors (Lipinski definition) is 6. The van der Waals surface area contributed by atoms with Crippen molar-refractivity contribution in [3.63, 3.8) is 0 Å². The zero-order valence-electron chi connectivity index (χ0n) is 32.0. The minimum atomic E-state index is -3.08. The van der Waals surface area contributed by atoms with E-state index < -0.39 is 17.5 Å². The Morgan fingerprint density at radius 2 is 0.545 bits per heavy atom.